The Morgan fingerprint density at radius 1 is 0.880 bits per heavy atom. The number of nitrogens with zero attached hydrogens (tertiary/aromatic N) is 3. The van der Waals surface area contributed by atoms with Crippen LogP contribution < -0.4 is 9.47 Å². The van der Waals surface area contributed by atoms with Gasteiger partial charge in [0.1, 0.15) is 24.7 Å². The maximum Gasteiger partial charge on any atom is 0.240 e. The molecule has 0 N–H and O–H groups in total. The largest absolute Gasteiger partial charge is 0.492 e. The van der Waals surface area contributed by atoms with Gasteiger partial charge in [0, 0.05) is 31.3 Å². The highest BCUT2D eigenvalue weighted by atomic mass is 16.5. The highest BCUT2D eigenvalue weighted by Gasteiger charge is 2.05. The molecular formula is C19H31N3O3. The number of rotatable bonds is 13. The van der Waals surface area contributed by atoms with Gasteiger partial charge in [-0.15, -0.1) is 0 Å². The fraction of sp³-hybridized carbons (Fsp3) is 0.632. The van der Waals surface area contributed by atoms with Crippen molar-refractivity contribution in [1.82, 2.24) is 9.80 Å². The Morgan fingerprint density at radius 3 is 1.76 bits per heavy atom. The Balaban J connectivity index is 2.62. The number of hydrogen-bond acceptors (Lipinski definition) is 6. The van der Waals surface area contributed by atoms with E-state index >= 15 is 0 Å². The molecule has 1 rings (SSSR count). The molecule has 0 radical (unpaired) electrons. The van der Waals surface area contributed by atoms with Gasteiger partial charge < -0.3 is 19.3 Å². The van der Waals surface area contributed by atoms with E-state index in [1.165, 1.54) is 0 Å². The number of isocyanates is 1. The minimum atomic E-state index is 0.492. The average Bonchev–Trinajstić information content (AvgIpc) is 2.55. The lowest BCUT2D eigenvalue weighted by Crippen LogP contribution is -2.25. The predicted octanol–water partition coefficient (Wildman–Crippen LogP) is 3.10. The molecule has 0 saturated carbocycles. The van der Waals surface area contributed by atoms with E-state index in [4.69, 9.17) is 9.47 Å². The van der Waals surface area contributed by atoms with E-state index in [9.17, 15) is 4.79 Å². The number of benzene rings is 1. The van der Waals surface area contributed by atoms with Crippen LogP contribution in [0, 0.1) is 0 Å². The number of likely N-dealkylation sites (N-methyl/N-ethyl adjacent to an activating group) is 2. The molecule has 0 aliphatic carbocycles. The van der Waals surface area contributed by atoms with Gasteiger partial charge in [0.15, 0.2) is 0 Å². The van der Waals surface area contributed by atoms with Crippen LogP contribution in [0.2, 0.25) is 0 Å². The second-order valence-corrected chi connectivity index (χ2v) is 6.17. The van der Waals surface area contributed by atoms with Crippen LogP contribution in [0.4, 0.5) is 5.69 Å². The Morgan fingerprint density at radius 2 is 1.36 bits per heavy atom. The normalized spacial score (nSPS) is 10.8. The van der Waals surface area contributed by atoms with Crippen LogP contribution in [-0.2, 0) is 4.79 Å². The number of hydrogen-bond donors (Lipinski definition) is 0. The molecule has 0 amide bonds. The maximum absolute atomic E-state index is 10.6. The fourth-order valence-electron chi connectivity index (χ4n) is 2.47. The molecule has 0 bridgehead atoms. The van der Waals surface area contributed by atoms with Crippen LogP contribution >= 0.6 is 0 Å². The molecule has 0 heterocycles. The highest BCUT2D eigenvalue weighted by Crippen LogP contribution is 2.28. The zero-order chi connectivity index (χ0) is 18.5. The predicted molar refractivity (Wildman–Crippen MR) is 101 cm³/mol. The minimum absolute atomic E-state index is 0.492. The summed E-state index contributed by atoms with van der Waals surface area (Å²) < 4.78 is 11.6. The Kier molecular flexibility index (Phi) is 10.6. The molecule has 0 aliphatic rings. The monoisotopic (exact) mass is 349 g/mol. The molecular weight excluding hydrogens is 318 g/mol. The first-order chi connectivity index (χ1) is 12.1. The Hall–Kier alpha value is -1.88. The van der Waals surface area contributed by atoms with Crippen molar-refractivity contribution in [2.75, 3.05) is 53.5 Å². The summed E-state index contributed by atoms with van der Waals surface area (Å²) in [4.78, 5) is 18.7. The summed E-state index contributed by atoms with van der Waals surface area (Å²) in [5.74, 6) is 1.30. The molecule has 140 valence electrons. The SMILES string of the molecule is CCCN(C)CCOc1cc(N=C=O)cc(OCCN(C)CCC)c1. The average molecular weight is 349 g/mol. The lowest BCUT2D eigenvalue weighted by molar-refractivity contribution is 0.230. The molecule has 0 atom stereocenters. The van der Waals surface area contributed by atoms with Gasteiger partial charge in [0.2, 0.25) is 6.08 Å². The molecule has 0 unspecified atom stereocenters. The van der Waals surface area contributed by atoms with Crippen molar-refractivity contribution in [2.45, 2.75) is 26.7 Å². The first-order valence-electron chi connectivity index (χ1n) is 8.94. The molecule has 1 aromatic rings. The topological polar surface area (TPSA) is 54.4 Å². The third-order valence-electron chi connectivity index (χ3n) is 3.73. The molecule has 0 aliphatic heterocycles. The lowest BCUT2D eigenvalue weighted by Gasteiger charge is -2.17. The molecule has 0 aromatic heterocycles. The van der Waals surface area contributed by atoms with Crippen molar-refractivity contribution >= 4 is 11.8 Å². The second-order valence-electron chi connectivity index (χ2n) is 6.17. The van der Waals surface area contributed by atoms with E-state index in [1.807, 2.05) is 6.07 Å². The van der Waals surface area contributed by atoms with Gasteiger partial charge in [-0.05, 0) is 40.0 Å². The summed E-state index contributed by atoms with van der Waals surface area (Å²) in [6.45, 7) is 9.21. The highest BCUT2D eigenvalue weighted by molar-refractivity contribution is 5.55. The van der Waals surface area contributed by atoms with Gasteiger partial charge >= 0.3 is 0 Å². The van der Waals surface area contributed by atoms with Gasteiger partial charge in [-0.1, -0.05) is 13.8 Å². The fourth-order valence-corrected chi connectivity index (χ4v) is 2.47. The maximum atomic E-state index is 10.6. The molecule has 25 heavy (non-hydrogen) atoms. The van der Waals surface area contributed by atoms with E-state index in [1.54, 1.807) is 18.2 Å². The summed E-state index contributed by atoms with van der Waals surface area (Å²) in [7, 11) is 4.14. The third-order valence-corrected chi connectivity index (χ3v) is 3.73. The van der Waals surface area contributed by atoms with Crippen molar-refractivity contribution in [2.24, 2.45) is 4.99 Å². The first-order valence-corrected chi connectivity index (χ1v) is 8.94. The Labute approximate surface area is 151 Å². The zero-order valence-corrected chi connectivity index (χ0v) is 16.0. The molecule has 0 spiro atoms. The van der Waals surface area contributed by atoms with E-state index in [2.05, 4.69) is 42.7 Å². The van der Waals surface area contributed by atoms with Crippen molar-refractivity contribution in [3.8, 4) is 11.5 Å². The van der Waals surface area contributed by atoms with Crippen molar-refractivity contribution in [1.29, 1.82) is 0 Å². The van der Waals surface area contributed by atoms with Crippen LogP contribution in [0.15, 0.2) is 23.2 Å². The lowest BCUT2D eigenvalue weighted by atomic mass is 10.3. The molecule has 6 nitrogen and oxygen atoms in total. The van der Waals surface area contributed by atoms with Crippen LogP contribution in [0.25, 0.3) is 0 Å². The van der Waals surface area contributed by atoms with Gasteiger partial charge in [-0.3, -0.25) is 0 Å². The van der Waals surface area contributed by atoms with E-state index in [0.29, 0.717) is 30.4 Å². The van der Waals surface area contributed by atoms with E-state index in [-0.39, 0.29) is 0 Å². The van der Waals surface area contributed by atoms with Crippen LogP contribution in [0.5, 0.6) is 11.5 Å². The van der Waals surface area contributed by atoms with Gasteiger partial charge in [0.05, 0.1) is 5.69 Å². The second kappa shape index (κ2) is 12.5. The summed E-state index contributed by atoms with van der Waals surface area (Å²) in [5.41, 5.74) is 0.492. The molecule has 6 heteroatoms. The number of aliphatic imine (C=N–C) groups is 1. The quantitative estimate of drug-likeness (QED) is 0.405. The third kappa shape index (κ3) is 9.25. The molecule has 1 aromatic carbocycles. The first kappa shape index (κ1) is 21.2. The van der Waals surface area contributed by atoms with Gasteiger partial charge in [-0.2, -0.15) is 4.99 Å². The summed E-state index contributed by atoms with van der Waals surface area (Å²) in [5, 5.41) is 0. The van der Waals surface area contributed by atoms with Crippen molar-refractivity contribution < 1.29 is 14.3 Å². The van der Waals surface area contributed by atoms with Crippen molar-refractivity contribution in [3.05, 3.63) is 18.2 Å². The van der Waals surface area contributed by atoms with Gasteiger partial charge in [0.25, 0.3) is 0 Å². The Bertz CT molecular complexity index is 508. The summed E-state index contributed by atoms with van der Waals surface area (Å²) >= 11 is 0. The molecule has 0 fully saturated rings. The molecule has 0 saturated heterocycles. The zero-order valence-electron chi connectivity index (χ0n) is 16.0. The summed E-state index contributed by atoms with van der Waals surface area (Å²) in [6, 6.07) is 5.28. The van der Waals surface area contributed by atoms with Crippen molar-refractivity contribution in [3.63, 3.8) is 0 Å². The van der Waals surface area contributed by atoms with E-state index < -0.39 is 0 Å². The van der Waals surface area contributed by atoms with Crippen LogP contribution in [0.1, 0.15) is 26.7 Å². The standard InChI is InChI=1S/C19H31N3O3/c1-5-7-21(3)9-11-24-18-13-17(20-16-23)14-19(15-18)25-12-10-22(4)8-6-2/h13-15H,5-12H2,1-4H3. The van der Waals surface area contributed by atoms with Crippen LogP contribution in [0.3, 0.4) is 0 Å². The van der Waals surface area contributed by atoms with Gasteiger partial charge in [-0.25, -0.2) is 4.79 Å². The van der Waals surface area contributed by atoms with E-state index in [0.717, 1.165) is 39.0 Å². The number of ether oxygens (including phenoxy) is 2. The minimum Gasteiger partial charge on any atom is -0.492 e. The van der Waals surface area contributed by atoms with Crippen LogP contribution in [-0.4, -0.2) is 69.4 Å². The summed E-state index contributed by atoms with van der Waals surface area (Å²) in [6.07, 6.45) is 3.80. The smallest absolute Gasteiger partial charge is 0.240 e. The number of carbonyl (C=O) groups excluding carboxylic acids is 1.